The quantitative estimate of drug-likeness (QED) is 0.609. The average Bonchev–Trinajstić information content (AvgIpc) is 2.07. The monoisotopic (exact) mass is 181 g/mol. The highest BCUT2D eigenvalue weighted by molar-refractivity contribution is 5.77. The maximum Gasteiger partial charge on any atom is 0.220 e. The molecule has 1 N–H and O–H groups in total. The molecule has 2 heteroatoms. The van der Waals surface area contributed by atoms with Crippen molar-refractivity contribution in [2.24, 2.45) is 11.3 Å². The fourth-order valence-corrected chi connectivity index (χ4v) is 3.02. The van der Waals surface area contributed by atoms with Gasteiger partial charge in [-0.05, 0) is 31.1 Å². The van der Waals surface area contributed by atoms with Crippen molar-refractivity contribution in [2.45, 2.75) is 52.0 Å². The van der Waals surface area contributed by atoms with Crippen molar-refractivity contribution in [1.82, 2.24) is 5.32 Å². The summed E-state index contributed by atoms with van der Waals surface area (Å²) in [6.07, 6.45) is 5.97. The van der Waals surface area contributed by atoms with Gasteiger partial charge < -0.3 is 5.32 Å². The molecule has 74 valence electrons. The highest BCUT2D eigenvalue weighted by Gasteiger charge is 2.45. The van der Waals surface area contributed by atoms with Gasteiger partial charge >= 0.3 is 0 Å². The maximum absolute atomic E-state index is 11.4. The summed E-state index contributed by atoms with van der Waals surface area (Å²) in [7, 11) is 0. The summed E-state index contributed by atoms with van der Waals surface area (Å²) < 4.78 is 0. The first-order valence-electron chi connectivity index (χ1n) is 5.42. The lowest BCUT2D eigenvalue weighted by Gasteiger charge is -2.49. The lowest BCUT2D eigenvalue weighted by Crippen LogP contribution is -2.55. The van der Waals surface area contributed by atoms with Gasteiger partial charge in [-0.1, -0.05) is 19.8 Å². The van der Waals surface area contributed by atoms with Crippen molar-refractivity contribution in [3.05, 3.63) is 0 Å². The largest absolute Gasteiger partial charge is 0.353 e. The lowest BCUT2D eigenvalue weighted by molar-refractivity contribution is -0.130. The molecule has 0 spiro atoms. The Labute approximate surface area is 80.1 Å². The van der Waals surface area contributed by atoms with Gasteiger partial charge in [0.25, 0.3) is 0 Å². The van der Waals surface area contributed by atoms with Crippen LogP contribution in [0.15, 0.2) is 0 Å². The Bertz CT molecular complexity index is 226. The first-order valence-corrected chi connectivity index (χ1v) is 5.42. The fraction of sp³-hybridized carbons (Fsp3) is 0.909. The van der Waals surface area contributed by atoms with Gasteiger partial charge in [-0.2, -0.15) is 0 Å². The van der Waals surface area contributed by atoms with Crippen LogP contribution in [0.5, 0.6) is 0 Å². The minimum absolute atomic E-state index is 0.261. The smallest absolute Gasteiger partial charge is 0.220 e. The molecule has 1 saturated carbocycles. The van der Waals surface area contributed by atoms with Gasteiger partial charge in [0.2, 0.25) is 5.91 Å². The number of carbonyl (C=O) groups is 1. The Kier molecular flexibility index (Phi) is 2.09. The topological polar surface area (TPSA) is 29.1 Å². The third kappa shape index (κ3) is 1.36. The van der Waals surface area contributed by atoms with Crippen LogP contribution in [0.3, 0.4) is 0 Å². The number of carbonyl (C=O) groups excluding carboxylic acids is 1. The van der Waals surface area contributed by atoms with Gasteiger partial charge in [0.05, 0.1) is 0 Å². The molecule has 1 aliphatic carbocycles. The standard InChI is InChI=1S/C11H19NO/c1-8-11(2)6-4-3-5-9(11)7-10(13)12-8/h8-9H,3-7H2,1-2H3,(H,12,13)/t8-,9+,11-/m1/s1. The van der Waals surface area contributed by atoms with Gasteiger partial charge in [0.1, 0.15) is 0 Å². The van der Waals surface area contributed by atoms with Gasteiger partial charge in [-0.25, -0.2) is 0 Å². The van der Waals surface area contributed by atoms with Crippen LogP contribution in [-0.2, 0) is 4.79 Å². The van der Waals surface area contributed by atoms with E-state index in [1.165, 1.54) is 25.7 Å². The van der Waals surface area contributed by atoms with Gasteiger partial charge in [-0.3, -0.25) is 4.79 Å². The minimum Gasteiger partial charge on any atom is -0.353 e. The second kappa shape index (κ2) is 3.00. The maximum atomic E-state index is 11.4. The Balaban J connectivity index is 2.19. The number of amides is 1. The zero-order valence-corrected chi connectivity index (χ0v) is 8.60. The van der Waals surface area contributed by atoms with E-state index in [2.05, 4.69) is 19.2 Å². The van der Waals surface area contributed by atoms with Gasteiger partial charge in [0.15, 0.2) is 0 Å². The molecule has 1 amide bonds. The number of nitrogens with one attached hydrogen (secondary N) is 1. The van der Waals surface area contributed by atoms with Crippen LogP contribution < -0.4 is 5.32 Å². The predicted octanol–water partition coefficient (Wildman–Crippen LogP) is 2.09. The molecule has 0 aromatic heterocycles. The Hall–Kier alpha value is -0.530. The van der Waals surface area contributed by atoms with E-state index >= 15 is 0 Å². The Morgan fingerprint density at radius 3 is 3.00 bits per heavy atom. The second-order valence-corrected chi connectivity index (χ2v) is 4.94. The molecule has 2 nitrogen and oxygen atoms in total. The molecule has 2 fully saturated rings. The molecule has 1 heterocycles. The molecule has 0 aromatic rings. The number of piperidine rings is 1. The second-order valence-electron chi connectivity index (χ2n) is 4.94. The number of hydrogen-bond donors (Lipinski definition) is 1. The van der Waals surface area contributed by atoms with Crippen LogP contribution in [0.2, 0.25) is 0 Å². The van der Waals surface area contributed by atoms with Crippen molar-refractivity contribution < 1.29 is 4.79 Å². The van der Waals surface area contributed by atoms with Crippen LogP contribution in [0.4, 0.5) is 0 Å². The lowest BCUT2D eigenvalue weighted by atomic mass is 9.61. The normalized spacial score (nSPS) is 45.2. The molecule has 0 radical (unpaired) electrons. The molecule has 2 aliphatic rings. The predicted molar refractivity (Wildman–Crippen MR) is 52.3 cm³/mol. The van der Waals surface area contributed by atoms with E-state index in [9.17, 15) is 4.79 Å². The zero-order chi connectivity index (χ0) is 9.47. The van der Waals surface area contributed by atoms with E-state index in [0.29, 0.717) is 17.4 Å². The van der Waals surface area contributed by atoms with Crippen molar-refractivity contribution in [3.8, 4) is 0 Å². The van der Waals surface area contributed by atoms with E-state index in [1.807, 2.05) is 0 Å². The molecule has 1 saturated heterocycles. The molecule has 0 bridgehead atoms. The molecule has 1 aliphatic heterocycles. The highest BCUT2D eigenvalue weighted by atomic mass is 16.1. The molecular formula is C11H19NO. The molecule has 3 atom stereocenters. The highest BCUT2D eigenvalue weighted by Crippen LogP contribution is 2.47. The van der Waals surface area contributed by atoms with E-state index in [0.717, 1.165) is 6.42 Å². The average molecular weight is 181 g/mol. The van der Waals surface area contributed by atoms with Crippen LogP contribution in [-0.4, -0.2) is 11.9 Å². The summed E-state index contributed by atoms with van der Waals surface area (Å²) >= 11 is 0. The minimum atomic E-state index is 0.261. The van der Waals surface area contributed by atoms with Crippen LogP contribution >= 0.6 is 0 Å². The summed E-state index contributed by atoms with van der Waals surface area (Å²) in [6.45, 7) is 4.51. The Morgan fingerprint density at radius 2 is 2.23 bits per heavy atom. The SMILES string of the molecule is C[C@H]1NC(=O)C[C@@H]2CCCC[C@@]21C. The number of rotatable bonds is 0. The first kappa shape index (κ1) is 9.04. The van der Waals surface area contributed by atoms with E-state index in [4.69, 9.17) is 0 Å². The summed E-state index contributed by atoms with van der Waals surface area (Å²) in [5.41, 5.74) is 0.381. The van der Waals surface area contributed by atoms with E-state index < -0.39 is 0 Å². The summed E-state index contributed by atoms with van der Waals surface area (Å²) in [5.74, 6) is 0.905. The summed E-state index contributed by atoms with van der Waals surface area (Å²) in [4.78, 5) is 11.4. The van der Waals surface area contributed by atoms with E-state index in [-0.39, 0.29) is 5.91 Å². The van der Waals surface area contributed by atoms with Crippen molar-refractivity contribution in [3.63, 3.8) is 0 Å². The van der Waals surface area contributed by atoms with Crippen molar-refractivity contribution in [1.29, 1.82) is 0 Å². The van der Waals surface area contributed by atoms with Gasteiger partial charge in [-0.15, -0.1) is 0 Å². The summed E-state index contributed by atoms with van der Waals surface area (Å²) in [6, 6.07) is 0.374. The van der Waals surface area contributed by atoms with Crippen LogP contribution in [0, 0.1) is 11.3 Å². The Morgan fingerprint density at radius 1 is 1.46 bits per heavy atom. The third-order valence-corrected chi connectivity index (χ3v) is 4.25. The molecule has 13 heavy (non-hydrogen) atoms. The fourth-order valence-electron chi connectivity index (χ4n) is 3.02. The van der Waals surface area contributed by atoms with Crippen molar-refractivity contribution >= 4 is 5.91 Å². The van der Waals surface area contributed by atoms with Crippen LogP contribution in [0.1, 0.15) is 46.0 Å². The number of hydrogen-bond acceptors (Lipinski definition) is 1. The third-order valence-electron chi connectivity index (χ3n) is 4.25. The molecule has 0 unspecified atom stereocenters. The molecule has 0 aromatic carbocycles. The molecule has 2 rings (SSSR count). The van der Waals surface area contributed by atoms with Gasteiger partial charge in [0, 0.05) is 12.5 Å². The van der Waals surface area contributed by atoms with E-state index in [1.54, 1.807) is 0 Å². The van der Waals surface area contributed by atoms with Crippen molar-refractivity contribution in [2.75, 3.05) is 0 Å². The number of fused-ring (bicyclic) bond motifs is 1. The van der Waals surface area contributed by atoms with Crippen LogP contribution in [0.25, 0.3) is 0 Å². The first-order chi connectivity index (χ1) is 6.13. The summed E-state index contributed by atoms with van der Waals surface area (Å²) in [5, 5.41) is 3.08. The zero-order valence-electron chi connectivity index (χ0n) is 8.60. The molecular weight excluding hydrogens is 162 g/mol.